The molecule has 0 atom stereocenters. The molecule has 0 unspecified atom stereocenters. The van der Waals surface area contributed by atoms with Crippen LogP contribution in [-0.2, 0) is 20.3 Å². The van der Waals surface area contributed by atoms with E-state index in [1.165, 1.54) is 0 Å². The van der Waals surface area contributed by atoms with Crippen LogP contribution >= 0.6 is 0 Å². The van der Waals surface area contributed by atoms with Gasteiger partial charge < -0.3 is 10.2 Å². The molecule has 10 heavy (non-hydrogen) atoms. The quantitative estimate of drug-likeness (QED) is 0.580. The van der Waals surface area contributed by atoms with Crippen molar-refractivity contribution < 1.29 is 10.2 Å². The third-order valence-corrected chi connectivity index (χ3v) is 1.47. The third-order valence-electron chi connectivity index (χ3n) is 1.47. The molecule has 56 valence electrons. The highest BCUT2D eigenvalue weighted by Gasteiger charge is 2.04. The van der Waals surface area contributed by atoms with Gasteiger partial charge in [0, 0.05) is 12.6 Å². The molecule has 4 heteroatoms. The van der Waals surface area contributed by atoms with Crippen LogP contribution in [0.5, 0.6) is 0 Å². The summed E-state index contributed by atoms with van der Waals surface area (Å²) in [4.78, 5) is 0. The van der Waals surface area contributed by atoms with E-state index >= 15 is 0 Å². The van der Waals surface area contributed by atoms with Gasteiger partial charge in [-0.3, -0.25) is 4.68 Å². The minimum absolute atomic E-state index is 0.0657. The Labute approximate surface area is 58.7 Å². The lowest BCUT2D eigenvalue weighted by molar-refractivity contribution is 0.253. The molecule has 0 saturated heterocycles. The van der Waals surface area contributed by atoms with Crippen molar-refractivity contribution in [2.24, 2.45) is 7.05 Å². The highest BCUT2D eigenvalue weighted by Crippen LogP contribution is 2.05. The zero-order chi connectivity index (χ0) is 7.56. The van der Waals surface area contributed by atoms with Crippen molar-refractivity contribution >= 4 is 0 Å². The predicted molar refractivity (Wildman–Crippen MR) is 35.1 cm³/mol. The van der Waals surface area contributed by atoms with Gasteiger partial charge in [-0.1, -0.05) is 0 Å². The molecule has 0 aliphatic heterocycles. The van der Waals surface area contributed by atoms with Crippen LogP contribution < -0.4 is 0 Å². The van der Waals surface area contributed by atoms with Crippen LogP contribution in [0.25, 0.3) is 0 Å². The van der Waals surface area contributed by atoms with Crippen molar-refractivity contribution in [3.8, 4) is 0 Å². The van der Waals surface area contributed by atoms with E-state index in [-0.39, 0.29) is 13.2 Å². The summed E-state index contributed by atoms with van der Waals surface area (Å²) in [7, 11) is 1.73. The number of aliphatic hydroxyl groups excluding tert-OH is 2. The summed E-state index contributed by atoms with van der Waals surface area (Å²) < 4.78 is 1.55. The molecule has 0 saturated carbocycles. The summed E-state index contributed by atoms with van der Waals surface area (Å²) in [6.45, 7) is -0.143. The maximum absolute atomic E-state index is 8.75. The molecule has 0 aliphatic carbocycles. The van der Waals surface area contributed by atoms with Gasteiger partial charge in [-0.2, -0.15) is 5.10 Å². The average molecular weight is 142 g/mol. The lowest BCUT2D eigenvalue weighted by Gasteiger charge is -1.97. The largest absolute Gasteiger partial charge is 0.392 e. The Hall–Kier alpha value is -0.870. The number of aliphatic hydroxyl groups is 2. The maximum Gasteiger partial charge on any atom is 0.0853 e. The lowest BCUT2D eigenvalue weighted by atomic mass is 10.3. The number of hydrogen-bond donors (Lipinski definition) is 2. The molecule has 1 aromatic rings. The third kappa shape index (κ3) is 1.03. The fourth-order valence-corrected chi connectivity index (χ4v) is 0.844. The molecule has 4 nitrogen and oxygen atoms in total. The van der Waals surface area contributed by atoms with Gasteiger partial charge in [0.1, 0.15) is 0 Å². The molecule has 0 amide bonds. The monoisotopic (exact) mass is 142 g/mol. The van der Waals surface area contributed by atoms with E-state index in [1.807, 2.05) is 0 Å². The van der Waals surface area contributed by atoms with E-state index in [0.29, 0.717) is 11.3 Å². The zero-order valence-corrected chi connectivity index (χ0v) is 5.78. The van der Waals surface area contributed by atoms with E-state index in [9.17, 15) is 0 Å². The molecule has 0 bridgehead atoms. The van der Waals surface area contributed by atoms with Crippen LogP contribution in [0, 0.1) is 0 Å². The Morgan fingerprint density at radius 1 is 1.50 bits per heavy atom. The summed E-state index contributed by atoms with van der Waals surface area (Å²) in [5, 5.41) is 21.3. The normalized spacial score (nSPS) is 10.3. The second-order valence-corrected chi connectivity index (χ2v) is 2.06. The smallest absolute Gasteiger partial charge is 0.0853 e. The van der Waals surface area contributed by atoms with Crippen molar-refractivity contribution in [3.05, 3.63) is 17.5 Å². The van der Waals surface area contributed by atoms with E-state index in [0.717, 1.165) is 0 Å². The Kier molecular flexibility index (Phi) is 2.03. The van der Waals surface area contributed by atoms with Gasteiger partial charge >= 0.3 is 0 Å². The summed E-state index contributed by atoms with van der Waals surface area (Å²) in [5.41, 5.74) is 1.35. The summed E-state index contributed by atoms with van der Waals surface area (Å²) in [6.07, 6.45) is 1.55. The topological polar surface area (TPSA) is 58.3 Å². The highest BCUT2D eigenvalue weighted by molar-refractivity contribution is 5.15. The Bertz CT molecular complexity index is 220. The summed E-state index contributed by atoms with van der Waals surface area (Å²) >= 11 is 0. The van der Waals surface area contributed by atoms with Crippen LogP contribution in [0.2, 0.25) is 0 Å². The van der Waals surface area contributed by atoms with Crippen LogP contribution in [0.15, 0.2) is 6.20 Å². The molecule has 2 N–H and O–H groups in total. The number of aromatic nitrogens is 2. The fraction of sp³-hybridized carbons (Fsp3) is 0.500. The lowest BCUT2D eigenvalue weighted by Crippen LogP contribution is -1.99. The van der Waals surface area contributed by atoms with Crippen molar-refractivity contribution in [3.63, 3.8) is 0 Å². The van der Waals surface area contributed by atoms with E-state index in [2.05, 4.69) is 5.10 Å². The number of nitrogens with zero attached hydrogens (tertiary/aromatic N) is 2. The van der Waals surface area contributed by atoms with Gasteiger partial charge in [0.2, 0.25) is 0 Å². The molecule has 0 fully saturated rings. The predicted octanol–water partition coefficient (Wildman–Crippen LogP) is -0.595. The molecule has 0 spiro atoms. The van der Waals surface area contributed by atoms with Crippen LogP contribution in [-0.4, -0.2) is 20.0 Å². The minimum Gasteiger partial charge on any atom is -0.392 e. The van der Waals surface area contributed by atoms with Gasteiger partial charge in [0.05, 0.1) is 25.1 Å². The van der Waals surface area contributed by atoms with E-state index in [4.69, 9.17) is 10.2 Å². The molecule has 1 aromatic heterocycles. The second kappa shape index (κ2) is 2.81. The van der Waals surface area contributed by atoms with Crippen molar-refractivity contribution in [1.82, 2.24) is 9.78 Å². The average Bonchev–Trinajstić information content (AvgIpc) is 2.30. The fourth-order valence-electron chi connectivity index (χ4n) is 0.844. The van der Waals surface area contributed by atoms with Crippen molar-refractivity contribution in [2.45, 2.75) is 13.2 Å². The summed E-state index contributed by atoms with van der Waals surface area (Å²) in [5.74, 6) is 0. The van der Waals surface area contributed by atoms with Crippen molar-refractivity contribution in [1.29, 1.82) is 0 Å². The van der Waals surface area contributed by atoms with Gasteiger partial charge in [-0.25, -0.2) is 0 Å². The van der Waals surface area contributed by atoms with Crippen LogP contribution in [0.4, 0.5) is 0 Å². The van der Waals surface area contributed by atoms with Crippen LogP contribution in [0.3, 0.4) is 0 Å². The zero-order valence-electron chi connectivity index (χ0n) is 5.78. The van der Waals surface area contributed by atoms with Crippen molar-refractivity contribution in [2.75, 3.05) is 0 Å². The first-order chi connectivity index (χ1) is 4.79. The number of rotatable bonds is 2. The van der Waals surface area contributed by atoms with Crippen LogP contribution in [0.1, 0.15) is 11.3 Å². The highest BCUT2D eigenvalue weighted by atomic mass is 16.3. The standard InChI is InChI=1S/C6H10N2O2/c1-8-6(4-10)5(3-9)2-7-8/h2,9-10H,3-4H2,1H3. The number of hydrogen-bond acceptors (Lipinski definition) is 3. The van der Waals surface area contributed by atoms with Gasteiger partial charge in [-0.15, -0.1) is 0 Å². The Morgan fingerprint density at radius 2 is 2.20 bits per heavy atom. The van der Waals surface area contributed by atoms with Gasteiger partial charge in [0.15, 0.2) is 0 Å². The number of aryl methyl sites for hydroxylation is 1. The summed E-state index contributed by atoms with van der Waals surface area (Å²) in [6, 6.07) is 0. The molecule has 0 radical (unpaired) electrons. The first-order valence-corrected chi connectivity index (χ1v) is 3.01. The second-order valence-electron chi connectivity index (χ2n) is 2.06. The molecule has 1 rings (SSSR count). The molecule has 0 aromatic carbocycles. The molecular formula is C6H10N2O2. The maximum atomic E-state index is 8.75. The Balaban J connectivity index is 3.01. The first kappa shape index (κ1) is 7.24. The van der Waals surface area contributed by atoms with Gasteiger partial charge in [0.25, 0.3) is 0 Å². The van der Waals surface area contributed by atoms with Gasteiger partial charge in [-0.05, 0) is 0 Å². The molecule has 1 heterocycles. The van der Waals surface area contributed by atoms with E-state index in [1.54, 1.807) is 17.9 Å². The van der Waals surface area contributed by atoms with E-state index < -0.39 is 0 Å². The first-order valence-electron chi connectivity index (χ1n) is 3.01. The molecule has 0 aliphatic rings. The minimum atomic E-state index is -0.0770. The SMILES string of the molecule is Cn1ncc(CO)c1CO. The Morgan fingerprint density at radius 3 is 2.60 bits per heavy atom. The molecular weight excluding hydrogens is 132 g/mol.